The summed E-state index contributed by atoms with van der Waals surface area (Å²) >= 11 is 5.73. The summed E-state index contributed by atoms with van der Waals surface area (Å²) in [6, 6.07) is 4.11. The van der Waals surface area contributed by atoms with Gasteiger partial charge in [0.1, 0.15) is 10.6 Å². The monoisotopic (exact) mass is 322 g/mol. The zero-order chi connectivity index (χ0) is 14.0. The summed E-state index contributed by atoms with van der Waals surface area (Å²) in [5.74, 6) is 0.391. The van der Waals surface area contributed by atoms with Crippen LogP contribution in [0.25, 0.3) is 0 Å². The fourth-order valence-corrected chi connectivity index (χ4v) is 2.55. The lowest BCUT2D eigenvalue weighted by atomic mass is 10.3. The molecule has 0 saturated carbocycles. The number of hydrogen-bond acceptors (Lipinski definition) is 6. The first-order valence-electron chi connectivity index (χ1n) is 4.96. The third-order valence-electron chi connectivity index (χ3n) is 2.07. The lowest BCUT2D eigenvalue weighted by Gasteiger charge is -2.08. The van der Waals surface area contributed by atoms with Gasteiger partial charge in [-0.05, 0) is 23.4 Å². The number of aromatic nitrogens is 4. The molecule has 2 aromatic rings. The van der Waals surface area contributed by atoms with Crippen LogP contribution in [-0.2, 0) is 22.7 Å². The second-order valence-electron chi connectivity index (χ2n) is 3.51. The van der Waals surface area contributed by atoms with Crippen molar-refractivity contribution in [3.05, 3.63) is 29.0 Å². The van der Waals surface area contributed by atoms with E-state index in [4.69, 9.17) is 27.0 Å². The number of tetrazole rings is 1. The average Bonchev–Trinajstić information content (AvgIpc) is 2.72. The molecule has 0 spiro atoms. The van der Waals surface area contributed by atoms with E-state index in [9.17, 15) is 8.42 Å². The van der Waals surface area contributed by atoms with Gasteiger partial charge >= 0.3 is 0 Å². The minimum absolute atomic E-state index is 0.0329. The van der Waals surface area contributed by atoms with Crippen molar-refractivity contribution in [1.29, 1.82) is 0 Å². The highest BCUT2D eigenvalue weighted by Gasteiger charge is 2.18. The van der Waals surface area contributed by atoms with Gasteiger partial charge < -0.3 is 4.74 Å². The van der Waals surface area contributed by atoms with E-state index in [0.717, 1.165) is 0 Å². The third-order valence-corrected chi connectivity index (χ3v) is 3.65. The Balaban J connectivity index is 2.25. The molecule has 19 heavy (non-hydrogen) atoms. The number of aryl methyl sites for hydroxylation is 1. The molecule has 0 aliphatic heterocycles. The molecule has 0 fully saturated rings. The van der Waals surface area contributed by atoms with Crippen LogP contribution in [0.15, 0.2) is 23.1 Å². The Kier molecular flexibility index (Phi) is 3.93. The molecule has 0 aliphatic rings. The second kappa shape index (κ2) is 5.32. The molecule has 0 amide bonds. The first-order valence-corrected chi connectivity index (χ1v) is 7.65. The summed E-state index contributed by atoms with van der Waals surface area (Å²) in [5, 5.41) is 11.5. The van der Waals surface area contributed by atoms with Crippen molar-refractivity contribution in [2.75, 3.05) is 0 Å². The van der Waals surface area contributed by atoms with Crippen LogP contribution >= 0.6 is 22.3 Å². The van der Waals surface area contributed by atoms with E-state index in [0.29, 0.717) is 5.82 Å². The summed E-state index contributed by atoms with van der Waals surface area (Å²) in [7, 11) is 2.96. The molecular weight excluding hydrogens is 315 g/mol. The van der Waals surface area contributed by atoms with E-state index in [-0.39, 0.29) is 22.3 Å². The van der Waals surface area contributed by atoms with Crippen molar-refractivity contribution >= 4 is 31.3 Å². The Morgan fingerprint density at radius 1 is 1.42 bits per heavy atom. The number of ether oxygens (including phenoxy) is 1. The van der Waals surface area contributed by atoms with Crippen molar-refractivity contribution in [2.45, 2.75) is 11.5 Å². The minimum atomic E-state index is -3.95. The van der Waals surface area contributed by atoms with Gasteiger partial charge in [-0.2, -0.15) is 4.80 Å². The normalized spacial score (nSPS) is 11.5. The zero-order valence-corrected chi connectivity index (χ0v) is 11.9. The van der Waals surface area contributed by atoms with Crippen LogP contribution in [0.2, 0.25) is 5.02 Å². The molecule has 1 aromatic heterocycles. The zero-order valence-electron chi connectivity index (χ0n) is 9.62. The van der Waals surface area contributed by atoms with E-state index in [1.165, 1.54) is 23.0 Å². The Labute approximate surface area is 118 Å². The standard InChI is InChI=1S/C9H8Cl2N4O3S/c1-15-13-9(12-14-15)5-18-7-3-2-6(10)4-8(7)19(11,16)17/h2-4H,5H2,1H3. The van der Waals surface area contributed by atoms with Gasteiger partial charge in [-0.25, -0.2) is 8.42 Å². The summed E-state index contributed by atoms with van der Waals surface area (Å²) in [6.45, 7) is -0.0329. The fraction of sp³-hybridized carbons (Fsp3) is 0.222. The molecule has 0 bridgehead atoms. The molecule has 0 saturated heterocycles. The van der Waals surface area contributed by atoms with Crippen LogP contribution in [0.4, 0.5) is 0 Å². The van der Waals surface area contributed by atoms with Crippen LogP contribution in [0.3, 0.4) is 0 Å². The SMILES string of the molecule is Cn1nnc(COc2ccc(Cl)cc2S(=O)(=O)Cl)n1. The van der Waals surface area contributed by atoms with Crippen molar-refractivity contribution < 1.29 is 13.2 Å². The number of rotatable bonds is 4. The summed E-state index contributed by atoms with van der Waals surface area (Å²) in [5.41, 5.74) is 0. The van der Waals surface area contributed by atoms with Gasteiger partial charge in [-0.15, -0.1) is 10.2 Å². The smallest absolute Gasteiger partial charge is 0.265 e. The Morgan fingerprint density at radius 2 is 2.16 bits per heavy atom. The van der Waals surface area contributed by atoms with Crippen molar-refractivity contribution in [3.8, 4) is 5.75 Å². The number of nitrogens with zero attached hydrogens (tertiary/aromatic N) is 4. The van der Waals surface area contributed by atoms with E-state index in [2.05, 4.69) is 15.4 Å². The molecule has 0 atom stereocenters. The molecule has 10 heteroatoms. The van der Waals surface area contributed by atoms with Gasteiger partial charge in [0.05, 0.1) is 7.05 Å². The van der Waals surface area contributed by atoms with Crippen LogP contribution in [-0.4, -0.2) is 28.6 Å². The van der Waals surface area contributed by atoms with Gasteiger partial charge in [0, 0.05) is 15.7 Å². The summed E-state index contributed by atoms with van der Waals surface area (Å²) < 4.78 is 28.1. The maximum absolute atomic E-state index is 11.4. The quantitative estimate of drug-likeness (QED) is 0.790. The molecule has 7 nitrogen and oxygen atoms in total. The number of benzene rings is 1. The second-order valence-corrected chi connectivity index (χ2v) is 6.48. The minimum Gasteiger partial charge on any atom is -0.484 e. The molecule has 0 radical (unpaired) electrons. The van der Waals surface area contributed by atoms with Crippen molar-refractivity contribution in [1.82, 2.24) is 20.2 Å². The molecule has 0 aliphatic carbocycles. The molecule has 1 heterocycles. The summed E-state index contributed by atoms with van der Waals surface area (Å²) in [4.78, 5) is 1.06. The van der Waals surface area contributed by atoms with Gasteiger partial charge in [-0.3, -0.25) is 0 Å². The first kappa shape index (κ1) is 14.0. The van der Waals surface area contributed by atoms with Crippen molar-refractivity contribution in [3.63, 3.8) is 0 Å². The van der Waals surface area contributed by atoms with Crippen LogP contribution in [0.1, 0.15) is 5.82 Å². The van der Waals surface area contributed by atoms with Gasteiger partial charge in [0.25, 0.3) is 9.05 Å². The Hall–Kier alpha value is -1.38. The molecule has 0 unspecified atom stereocenters. The Morgan fingerprint density at radius 3 is 2.74 bits per heavy atom. The van der Waals surface area contributed by atoms with Crippen LogP contribution in [0.5, 0.6) is 5.75 Å². The largest absolute Gasteiger partial charge is 0.484 e. The highest BCUT2D eigenvalue weighted by atomic mass is 35.7. The molecule has 0 N–H and O–H groups in total. The lowest BCUT2D eigenvalue weighted by molar-refractivity contribution is 0.287. The molecule has 102 valence electrons. The highest BCUT2D eigenvalue weighted by Crippen LogP contribution is 2.30. The van der Waals surface area contributed by atoms with Crippen LogP contribution < -0.4 is 4.74 Å². The van der Waals surface area contributed by atoms with Gasteiger partial charge in [0.15, 0.2) is 6.61 Å². The highest BCUT2D eigenvalue weighted by molar-refractivity contribution is 8.13. The number of halogens is 2. The van der Waals surface area contributed by atoms with E-state index < -0.39 is 9.05 Å². The topological polar surface area (TPSA) is 87.0 Å². The Bertz CT molecular complexity index is 701. The number of hydrogen-bond donors (Lipinski definition) is 0. The fourth-order valence-electron chi connectivity index (χ4n) is 1.32. The van der Waals surface area contributed by atoms with Gasteiger partial charge in [0.2, 0.25) is 5.82 Å². The first-order chi connectivity index (χ1) is 8.86. The van der Waals surface area contributed by atoms with E-state index in [1.807, 2.05) is 0 Å². The average molecular weight is 323 g/mol. The summed E-state index contributed by atoms with van der Waals surface area (Å²) in [6.07, 6.45) is 0. The predicted octanol–water partition coefficient (Wildman–Crippen LogP) is 1.37. The maximum Gasteiger partial charge on any atom is 0.265 e. The molecule has 2 rings (SSSR count). The molecule has 1 aromatic carbocycles. The van der Waals surface area contributed by atoms with E-state index >= 15 is 0 Å². The van der Waals surface area contributed by atoms with Crippen molar-refractivity contribution in [2.24, 2.45) is 7.05 Å². The maximum atomic E-state index is 11.4. The van der Waals surface area contributed by atoms with E-state index in [1.54, 1.807) is 7.05 Å². The molecular formula is C9H8Cl2N4O3S. The third kappa shape index (κ3) is 3.55. The lowest BCUT2D eigenvalue weighted by Crippen LogP contribution is -2.02. The van der Waals surface area contributed by atoms with Crippen LogP contribution in [0, 0.1) is 0 Å². The van der Waals surface area contributed by atoms with Gasteiger partial charge in [-0.1, -0.05) is 11.6 Å². The predicted molar refractivity (Wildman–Crippen MR) is 67.6 cm³/mol.